The third-order valence-corrected chi connectivity index (χ3v) is 4.33. The van der Waals surface area contributed by atoms with Crippen LogP contribution >= 0.6 is 23.2 Å². The van der Waals surface area contributed by atoms with Gasteiger partial charge in [-0.3, -0.25) is 10.1 Å². The third-order valence-electron chi connectivity index (χ3n) is 3.61. The molecule has 4 nitrogen and oxygen atoms in total. The van der Waals surface area contributed by atoms with Crippen molar-refractivity contribution in [3.63, 3.8) is 0 Å². The van der Waals surface area contributed by atoms with Crippen LogP contribution < -0.4 is 5.32 Å². The van der Waals surface area contributed by atoms with Crippen molar-refractivity contribution in [2.24, 2.45) is 5.92 Å². The van der Waals surface area contributed by atoms with E-state index in [0.717, 1.165) is 13.0 Å². The van der Waals surface area contributed by atoms with Gasteiger partial charge < -0.3 is 5.32 Å². The number of nitro groups is 1. The first-order valence-corrected chi connectivity index (χ1v) is 7.64. The molecule has 0 heterocycles. The molecule has 110 valence electrons. The second kappa shape index (κ2) is 6.74. The lowest BCUT2D eigenvalue weighted by Gasteiger charge is -2.18. The van der Waals surface area contributed by atoms with E-state index in [1.165, 1.54) is 18.9 Å². The van der Waals surface area contributed by atoms with Crippen LogP contribution in [0.4, 0.5) is 5.69 Å². The minimum Gasteiger partial charge on any atom is -0.313 e. The number of nitrogens with one attached hydrogen (secondary N) is 1. The van der Waals surface area contributed by atoms with E-state index in [1.807, 2.05) is 0 Å². The van der Waals surface area contributed by atoms with Crippen LogP contribution in [0.15, 0.2) is 12.1 Å². The zero-order valence-electron chi connectivity index (χ0n) is 11.4. The van der Waals surface area contributed by atoms with Gasteiger partial charge in [-0.15, -0.1) is 0 Å². The summed E-state index contributed by atoms with van der Waals surface area (Å²) in [6.07, 6.45) is 4.05. The van der Waals surface area contributed by atoms with Crippen molar-refractivity contribution in [3.8, 4) is 0 Å². The molecule has 2 rings (SSSR count). The Morgan fingerprint density at radius 3 is 2.60 bits per heavy atom. The predicted molar refractivity (Wildman–Crippen MR) is 81.6 cm³/mol. The largest absolute Gasteiger partial charge is 0.313 e. The number of nitro benzene ring substituents is 1. The van der Waals surface area contributed by atoms with Crippen LogP contribution in [-0.4, -0.2) is 17.5 Å². The van der Waals surface area contributed by atoms with Gasteiger partial charge in [-0.2, -0.15) is 0 Å². The van der Waals surface area contributed by atoms with Crippen molar-refractivity contribution in [2.75, 3.05) is 6.54 Å². The van der Waals surface area contributed by atoms with Crippen LogP contribution in [0.1, 0.15) is 31.7 Å². The Hall–Kier alpha value is -0.840. The summed E-state index contributed by atoms with van der Waals surface area (Å²) in [5.74, 6) is 0.621. The minimum absolute atomic E-state index is 0.0587. The van der Waals surface area contributed by atoms with Crippen LogP contribution in [0.5, 0.6) is 0 Å². The molecule has 1 aliphatic rings. The lowest BCUT2D eigenvalue weighted by molar-refractivity contribution is -0.385. The second-order valence-corrected chi connectivity index (χ2v) is 6.07. The van der Waals surface area contributed by atoms with Gasteiger partial charge in [0, 0.05) is 17.7 Å². The van der Waals surface area contributed by atoms with E-state index < -0.39 is 0 Å². The fourth-order valence-electron chi connectivity index (χ4n) is 2.38. The lowest BCUT2D eigenvalue weighted by atomic mass is 10.0. The highest BCUT2D eigenvalue weighted by atomic mass is 35.5. The fourth-order valence-corrected chi connectivity index (χ4v) is 2.73. The van der Waals surface area contributed by atoms with Crippen LogP contribution in [0.2, 0.25) is 10.0 Å². The molecule has 1 aromatic rings. The second-order valence-electron chi connectivity index (χ2n) is 5.25. The average Bonchev–Trinajstić information content (AvgIpc) is 3.22. The van der Waals surface area contributed by atoms with E-state index in [4.69, 9.17) is 23.2 Å². The molecule has 1 aromatic carbocycles. The monoisotopic (exact) mass is 316 g/mol. The van der Waals surface area contributed by atoms with E-state index in [-0.39, 0.29) is 21.7 Å². The summed E-state index contributed by atoms with van der Waals surface area (Å²) in [5, 5.41) is 15.2. The van der Waals surface area contributed by atoms with Crippen molar-refractivity contribution in [2.45, 2.75) is 38.6 Å². The highest BCUT2D eigenvalue weighted by Crippen LogP contribution is 2.37. The first kappa shape index (κ1) is 15.5. The van der Waals surface area contributed by atoms with Crippen LogP contribution in [0, 0.1) is 16.0 Å². The molecule has 1 atom stereocenters. The smallest absolute Gasteiger partial charge is 0.274 e. The van der Waals surface area contributed by atoms with E-state index in [9.17, 15) is 10.1 Å². The summed E-state index contributed by atoms with van der Waals surface area (Å²) in [7, 11) is 0. The lowest BCUT2D eigenvalue weighted by Crippen LogP contribution is -2.33. The van der Waals surface area contributed by atoms with Crippen molar-refractivity contribution < 1.29 is 4.92 Å². The Morgan fingerprint density at radius 2 is 2.05 bits per heavy atom. The third kappa shape index (κ3) is 3.84. The molecule has 20 heavy (non-hydrogen) atoms. The Labute approximate surface area is 128 Å². The molecule has 0 spiro atoms. The molecular formula is C14H18Cl2N2O2. The Balaban J connectivity index is 2.21. The van der Waals surface area contributed by atoms with Gasteiger partial charge in [0.25, 0.3) is 5.69 Å². The quantitative estimate of drug-likeness (QED) is 0.605. The summed E-state index contributed by atoms with van der Waals surface area (Å²) in [4.78, 5) is 10.8. The zero-order chi connectivity index (χ0) is 14.7. The summed E-state index contributed by atoms with van der Waals surface area (Å²) < 4.78 is 0. The highest BCUT2D eigenvalue weighted by molar-refractivity contribution is 6.42. The first-order chi connectivity index (χ1) is 9.52. The molecule has 6 heteroatoms. The van der Waals surface area contributed by atoms with E-state index in [1.54, 1.807) is 6.07 Å². The van der Waals surface area contributed by atoms with E-state index in [0.29, 0.717) is 22.9 Å². The first-order valence-electron chi connectivity index (χ1n) is 6.88. The maximum atomic E-state index is 11.1. The van der Waals surface area contributed by atoms with Crippen LogP contribution in [0.3, 0.4) is 0 Å². The number of benzene rings is 1. The molecule has 0 aliphatic heterocycles. The van der Waals surface area contributed by atoms with Crippen molar-refractivity contribution in [1.82, 2.24) is 5.32 Å². The highest BCUT2D eigenvalue weighted by Gasteiger charge is 2.32. The Morgan fingerprint density at radius 1 is 1.40 bits per heavy atom. The van der Waals surface area contributed by atoms with Gasteiger partial charge in [-0.05, 0) is 44.2 Å². The number of rotatable bonds is 7. The summed E-state index contributed by atoms with van der Waals surface area (Å²) in [6.45, 7) is 3.04. The molecule has 1 aliphatic carbocycles. The normalized spacial score (nSPS) is 16.1. The summed E-state index contributed by atoms with van der Waals surface area (Å²) >= 11 is 11.9. The molecular weight excluding hydrogens is 299 g/mol. The van der Waals surface area contributed by atoms with Gasteiger partial charge in [0.05, 0.1) is 15.0 Å². The fraction of sp³-hybridized carbons (Fsp3) is 0.571. The molecule has 0 bridgehead atoms. The number of hydrogen-bond acceptors (Lipinski definition) is 3. The summed E-state index contributed by atoms with van der Waals surface area (Å²) in [5.41, 5.74) is 0.716. The van der Waals surface area contributed by atoms with Crippen LogP contribution in [-0.2, 0) is 6.42 Å². The van der Waals surface area contributed by atoms with Gasteiger partial charge in [0.2, 0.25) is 0 Å². The number of hydrogen-bond donors (Lipinski definition) is 1. The van der Waals surface area contributed by atoms with Gasteiger partial charge in [0.1, 0.15) is 0 Å². The number of halogens is 2. The average molecular weight is 317 g/mol. The van der Waals surface area contributed by atoms with E-state index >= 15 is 0 Å². The maximum Gasteiger partial charge on any atom is 0.274 e. The topological polar surface area (TPSA) is 55.2 Å². The van der Waals surface area contributed by atoms with Gasteiger partial charge >= 0.3 is 0 Å². The van der Waals surface area contributed by atoms with Crippen molar-refractivity contribution in [1.29, 1.82) is 0 Å². The predicted octanol–water partition coefficient (Wildman–Crippen LogP) is 4.22. The molecule has 0 saturated heterocycles. The van der Waals surface area contributed by atoms with E-state index in [2.05, 4.69) is 12.2 Å². The molecule has 1 N–H and O–H groups in total. The molecule has 0 amide bonds. The minimum atomic E-state index is -0.388. The van der Waals surface area contributed by atoms with Gasteiger partial charge in [0.15, 0.2) is 0 Å². The molecule has 0 aromatic heterocycles. The maximum absolute atomic E-state index is 11.1. The van der Waals surface area contributed by atoms with Gasteiger partial charge in [-0.25, -0.2) is 0 Å². The molecule has 0 radical (unpaired) electrons. The van der Waals surface area contributed by atoms with Crippen molar-refractivity contribution >= 4 is 28.9 Å². The molecule has 1 saturated carbocycles. The summed E-state index contributed by atoms with van der Waals surface area (Å²) in [6, 6.07) is 3.26. The molecule has 1 unspecified atom stereocenters. The van der Waals surface area contributed by atoms with Gasteiger partial charge in [-0.1, -0.05) is 30.1 Å². The SMILES string of the molecule is CCCNC(Cc1cc(Cl)c(Cl)cc1[N+](=O)[O-])C1CC1. The standard InChI is InChI=1S/C14H18Cl2N2O2/c1-2-5-17-13(9-3-4-9)7-10-6-11(15)12(16)8-14(10)18(19)20/h6,8-9,13,17H,2-5,7H2,1H3. The molecule has 1 fully saturated rings. The zero-order valence-corrected chi connectivity index (χ0v) is 12.9. The van der Waals surface area contributed by atoms with Crippen LogP contribution in [0.25, 0.3) is 0 Å². The number of nitrogens with zero attached hydrogens (tertiary/aromatic N) is 1. The Kier molecular flexibility index (Phi) is 5.24. The Bertz CT molecular complexity index is 504. The van der Waals surface area contributed by atoms with Crippen molar-refractivity contribution in [3.05, 3.63) is 37.9 Å².